The summed E-state index contributed by atoms with van der Waals surface area (Å²) < 4.78 is 240. The first-order valence-electron chi connectivity index (χ1n) is 33.7. The van der Waals surface area contributed by atoms with E-state index >= 15 is 0 Å². The van der Waals surface area contributed by atoms with E-state index in [4.69, 9.17) is 4.74 Å². The van der Waals surface area contributed by atoms with Gasteiger partial charge < -0.3 is 28.4 Å². The van der Waals surface area contributed by atoms with Gasteiger partial charge >= 0.3 is 33.8 Å². The van der Waals surface area contributed by atoms with Gasteiger partial charge in [0.2, 0.25) is 0 Å². The Balaban J connectivity index is 0.000000159. The molecule has 30 heteroatoms. The van der Waals surface area contributed by atoms with Gasteiger partial charge in [-0.3, -0.25) is 4.79 Å². The number of benzene rings is 6. The number of nitrogens with zero attached hydrogens (tertiary/aromatic N) is 3. The van der Waals surface area contributed by atoms with E-state index in [9.17, 15) is 87.4 Å². The summed E-state index contributed by atoms with van der Waals surface area (Å²) in [4.78, 5) is 25.6. The van der Waals surface area contributed by atoms with Crippen molar-refractivity contribution in [2.45, 2.75) is 160 Å². The molecule has 3 saturated heterocycles. The summed E-state index contributed by atoms with van der Waals surface area (Å²) in [6.07, 6.45) is 1.37. The molecule has 0 aromatic heterocycles. The van der Waals surface area contributed by atoms with E-state index in [2.05, 4.69) is 191 Å². The molecular formula is C72H82F11N3O11S5. The first-order valence-corrected chi connectivity index (χ1v) is 40.4. The molecule has 0 amide bonds. The third-order valence-corrected chi connectivity index (χ3v) is 27.5. The number of alkyl halides is 11. The van der Waals surface area contributed by atoms with Gasteiger partial charge in [-0.05, 0) is 231 Å². The van der Waals surface area contributed by atoms with Gasteiger partial charge in [-0.25, -0.2) is 25.3 Å². The number of piperidine rings is 3. The van der Waals surface area contributed by atoms with Crippen LogP contribution in [0.1, 0.15) is 95.5 Å². The van der Waals surface area contributed by atoms with Crippen LogP contribution >= 0.6 is 0 Å². The predicted molar refractivity (Wildman–Crippen MR) is 363 cm³/mol. The molecule has 0 N–H and O–H groups in total. The Bertz CT molecular complexity index is 3900. The number of sulfonamides is 1. The molecule has 6 aromatic carbocycles. The Morgan fingerprint density at radius 3 is 1.27 bits per heavy atom. The van der Waals surface area contributed by atoms with Gasteiger partial charge in [-0.1, -0.05) is 97.8 Å². The first-order chi connectivity index (χ1) is 48.0. The van der Waals surface area contributed by atoms with Gasteiger partial charge in [0, 0.05) is 19.6 Å². The summed E-state index contributed by atoms with van der Waals surface area (Å²) in [7, 11) is -18.1. The number of carbonyl (C=O) groups is 1. The second kappa shape index (κ2) is 33.7. The molecule has 102 heavy (non-hydrogen) atoms. The van der Waals surface area contributed by atoms with Crippen LogP contribution < -0.4 is 4.74 Å². The monoisotopic (exact) mass is 1530 g/mol. The van der Waals surface area contributed by atoms with Gasteiger partial charge in [-0.15, -0.1) is 0 Å². The normalized spacial score (nSPS) is 21.5. The van der Waals surface area contributed by atoms with Crippen molar-refractivity contribution >= 4 is 58.0 Å². The van der Waals surface area contributed by atoms with Crippen molar-refractivity contribution in [3.8, 4) is 5.75 Å². The molecule has 6 aromatic rings. The van der Waals surface area contributed by atoms with Crippen molar-refractivity contribution in [1.29, 1.82) is 0 Å². The second-order valence-electron chi connectivity index (χ2n) is 26.8. The van der Waals surface area contributed by atoms with Crippen LogP contribution in [-0.2, 0) is 68.0 Å². The number of ether oxygens (including phenoxy) is 2. The second-order valence-corrected chi connectivity index (χ2v) is 35.7. The van der Waals surface area contributed by atoms with E-state index in [1.807, 2.05) is 0 Å². The maximum absolute atomic E-state index is 13.5. The Kier molecular flexibility index (Phi) is 26.5. The lowest BCUT2D eigenvalue weighted by Crippen LogP contribution is -2.63. The molecule has 7 aliphatic rings. The summed E-state index contributed by atoms with van der Waals surface area (Å²) in [5.74, 6) is -6.36. The van der Waals surface area contributed by atoms with Crippen LogP contribution in [0.5, 0.6) is 5.75 Å². The molecule has 1 unspecified atom stereocenters. The largest absolute Gasteiger partial charge is 0.743 e. The quantitative estimate of drug-likeness (QED) is 0.0286. The average Bonchev–Trinajstić information content (AvgIpc) is 0.724. The zero-order valence-electron chi connectivity index (χ0n) is 55.8. The number of hydrogen-bond donors (Lipinski definition) is 0. The molecule has 14 nitrogen and oxygen atoms in total. The Morgan fingerprint density at radius 2 is 0.892 bits per heavy atom. The zero-order chi connectivity index (χ0) is 73.9. The van der Waals surface area contributed by atoms with Gasteiger partial charge in [0.15, 0.2) is 49.6 Å². The van der Waals surface area contributed by atoms with E-state index in [0.29, 0.717) is 12.3 Å². The van der Waals surface area contributed by atoms with Crippen LogP contribution in [0.2, 0.25) is 0 Å². The third-order valence-electron chi connectivity index (χ3n) is 19.3. The highest BCUT2D eigenvalue weighted by atomic mass is 32.2. The molecular weight excluding hydrogens is 1450 g/mol. The van der Waals surface area contributed by atoms with Crippen LogP contribution in [0.3, 0.4) is 0 Å². The maximum Gasteiger partial charge on any atom is 0.432 e. The molecule has 4 saturated carbocycles. The van der Waals surface area contributed by atoms with Crippen molar-refractivity contribution in [2.75, 3.05) is 59.5 Å². The smallest absolute Gasteiger partial charge is 0.432 e. The minimum absolute atomic E-state index is 0.0388. The van der Waals surface area contributed by atoms with Gasteiger partial charge in [-0.2, -0.15) is 52.6 Å². The lowest BCUT2D eigenvalue weighted by Gasteiger charge is -2.55. The van der Waals surface area contributed by atoms with Crippen molar-refractivity contribution in [1.82, 2.24) is 14.1 Å². The summed E-state index contributed by atoms with van der Waals surface area (Å²) in [6, 6.07) is 61.4. The SMILES string of the molecule is CN1CCC(COc2ccc([S+](c3ccccc3)c3ccccc3)cc2)CC1.O=C(OC(C(F)(F)F)C(F)(F)S(=O)(=O)[O-])C12CC3CC(CC(C3)C1)C2.O=S(=O)([O-])C(F)(F)C(F)(F)C(F)(F)S(=O)(=O)N1CCCCC1.c1ccc([S+](c2ccccc2)c2ccc(CCN3CCCCC3)cc2)cc1. The average molecular weight is 1530 g/mol. The summed E-state index contributed by atoms with van der Waals surface area (Å²) in [5, 5.41) is -19.1. The lowest BCUT2D eigenvalue weighted by molar-refractivity contribution is -0.266. The van der Waals surface area contributed by atoms with E-state index in [1.54, 1.807) is 0 Å². The van der Waals surface area contributed by atoms with Crippen LogP contribution in [0.15, 0.2) is 199 Å². The summed E-state index contributed by atoms with van der Waals surface area (Å²) in [5.41, 5.74) is 0.162. The Morgan fingerprint density at radius 1 is 0.510 bits per heavy atom. The highest BCUT2D eigenvalue weighted by Gasteiger charge is 2.81. The van der Waals surface area contributed by atoms with Gasteiger partial charge in [0.25, 0.3) is 16.1 Å². The molecule has 0 radical (unpaired) electrons. The first kappa shape index (κ1) is 80.3. The summed E-state index contributed by atoms with van der Waals surface area (Å²) >= 11 is 0. The van der Waals surface area contributed by atoms with Crippen LogP contribution in [-0.4, -0.2) is 148 Å². The predicted octanol–water partition coefficient (Wildman–Crippen LogP) is 15.3. The molecule has 558 valence electrons. The number of halogens is 11. The Hall–Kier alpha value is -5.83. The summed E-state index contributed by atoms with van der Waals surface area (Å²) in [6.45, 7) is 5.74. The molecule has 4 bridgehead atoms. The number of likely N-dealkylation sites (tertiary alicyclic amines) is 2. The molecule has 3 heterocycles. The molecule has 7 fully saturated rings. The van der Waals surface area contributed by atoms with Crippen LogP contribution in [0, 0.1) is 29.1 Å². The zero-order valence-corrected chi connectivity index (χ0v) is 59.9. The van der Waals surface area contributed by atoms with Crippen molar-refractivity contribution < 1.29 is 96.9 Å². The van der Waals surface area contributed by atoms with Crippen LogP contribution in [0.25, 0.3) is 0 Å². The maximum atomic E-state index is 13.5. The molecule has 4 aliphatic carbocycles. The molecule has 3 aliphatic heterocycles. The van der Waals surface area contributed by atoms with E-state index < -0.39 is 88.7 Å². The van der Waals surface area contributed by atoms with Crippen LogP contribution in [0.4, 0.5) is 48.3 Å². The highest BCUT2D eigenvalue weighted by molar-refractivity contribution is 7.97. The minimum atomic E-state index is -7.23. The fourth-order valence-corrected chi connectivity index (χ4v) is 20.9. The van der Waals surface area contributed by atoms with Gasteiger partial charge in [0.1, 0.15) is 5.75 Å². The lowest BCUT2D eigenvalue weighted by atomic mass is 9.49. The van der Waals surface area contributed by atoms with E-state index in [-0.39, 0.29) is 76.0 Å². The molecule has 13 rings (SSSR count). The Labute approximate surface area is 595 Å². The van der Waals surface area contributed by atoms with E-state index in [1.165, 1.54) is 99.8 Å². The number of esters is 1. The van der Waals surface area contributed by atoms with Crippen molar-refractivity contribution in [2.24, 2.45) is 29.1 Å². The fraction of sp³-hybridized carbons (Fsp3) is 0.486. The number of hydrogen-bond acceptors (Lipinski definition) is 13. The highest BCUT2D eigenvalue weighted by Crippen LogP contribution is 2.61. The third kappa shape index (κ3) is 19.2. The van der Waals surface area contributed by atoms with E-state index in [0.717, 1.165) is 38.0 Å². The topological polar surface area (TPSA) is 194 Å². The van der Waals surface area contributed by atoms with Gasteiger partial charge in [0.05, 0.1) is 33.8 Å². The minimum Gasteiger partial charge on any atom is -0.743 e. The standard InChI is InChI=1S/C25H28NOS.C25H28NS.C14H17F5O5S.C8H11F6NO5S2/c1-26-18-16-21(17-19-26)20-27-22-12-14-25(15-13-22)28(23-8-4-2-5-9-23)24-10-6-3-7-11-24;1-4-10-23(11-5-1)27(24-12-6-2-7-13-24)25-16-14-22(15-17-25)18-21-26-19-8-3-9-20-26;15-13(16,17)10(14(18,19)25(21,22)23)24-11(20)12-4-7-1-8(5-12)3-9(2-7)6-12;9-6(10,8(13,14)22(18,19)20)7(11,12)21(16,17)15-4-2-1-3-5-15/h2-15,21H,16-20H2,1H3;1-2,4-7,10-17H,3,8-9,18-21H2;7-10H,1-6H2,(H,21,22,23);1-5H2,(H,18,19,20)/q2*+1;;/p-2. The molecule has 0 spiro atoms. The van der Waals surface area contributed by atoms with Crippen molar-refractivity contribution in [3.63, 3.8) is 0 Å². The fourth-order valence-electron chi connectivity index (χ4n) is 14.2. The number of rotatable bonds is 21. The van der Waals surface area contributed by atoms with Crippen molar-refractivity contribution in [3.05, 3.63) is 175 Å². The molecule has 1 atom stereocenters. The number of carbonyl (C=O) groups excluding carboxylic acids is 1.